The summed E-state index contributed by atoms with van der Waals surface area (Å²) in [5.41, 5.74) is -0.304. The van der Waals surface area contributed by atoms with Crippen LogP contribution < -0.4 is 29.6 Å². The van der Waals surface area contributed by atoms with Crippen molar-refractivity contribution in [3.8, 4) is 0 Å². The van der Waals surface area contributed by atoms with Crippen LogP contribution in [0.25, 0.3) is 0 Å². The summed E-state index contributed by atoms with van der Waals surface area (Å²) in [6.07, 6.45) is 0. The molecule has 9 nitrogen and oxygen atoms in total. The van der Waals surface area contributed by atoms with Gasteiger partial charge in [0.15, 0.2) is 0 Å². The summed E-state index contributed by atoms with van der Waals surface area (Å²) in [5, 5.41) is 20.2. The zero-order valence-corrected chi connectivity index (χ0v) is 11.3. The Hall–Kier alpha value is -0.910. The summed E-state index contributed by atoms with van der Waals surface area (Å²) in [5.74, 6) is 0. The van der Waals surface area contributed by atoms with Crippen molar-refractivity contribution < 1.29 is 54.1 Å². The number of rotatable bonds is 2. The van der Waals surface area contributed by atoms with E-state index in [0.717, 1.165) is 24.3 Å². The van der Waals surface area contributed by atoms with E-state index >= 15 is 0 Å². The van der Waals surface area contributed by atoms with Crippen molar-refractivity contribution in [2.45, 2.75) is 0 Å². The van der Waals surface area contributed by atoms with E-state index in [1.807, 2.05) is 0 Å². The summed E-state index contributed by atoms with van der Waals surface area (Å²) in [6, 6.07) is 4.38. The molecule has 0 fully saturated rings. The SMILES string of the molecule is O=S([O-])O.O=[N+]([O-])c1ccc([N+](=O)[O-])cc1.[H-].[Na+]. The van der Waals surface area contributed by atoms with Crippen LogP contribution in [0.5, 0.6) is 0 Å². The number of hydrogen-bond donors (Lipinski definition) is 1. The fraction of sp³-hybridized carbons (Fsp3) is 0. The maximum Gasteiger partial charge on any atom is 1.00 e. The minimum atomic E-state index is -2.86. The molecule has 0 aliphatic heterocycles. The summed E-state index contributed by atoms with van der Waals surface area (Å²) < 4.78 is 24.1. The average Bonchev–Trinajstić information content (AvgIpc) is 2.17. The summed E-state index contributed by atoms with van der Waals surface area (Å²) in [4.78, 5) is 19.0. The predicted octanol–water partition coefficient (Wildman–Crippen LogP) is -2.04. The molecule has 17 heavy (non-hydrogen) atoms. The molecule has 0 saturated heterocycles. The predicted molar refractivity (Wildman–Crippen MR) is 52.4 cm³/mol. The molecule has 1 N–H and O–H groups in total. The molecule has 0 aliphatic rings. The van der Waals surface area contributed by atoms with Gasteiger partial charge in [0.05, 0.1) is 21.2 Å². The van der Waals surface area contributed by atoms with Crippen LogP contribution in [0.3, 0.4) is 0 Å². The van der Waals surface area contributed by atoms with Crippen LogP contribution in [0.15, 0.2) is 24.3 Å². The van der Waals surface area contributed by atoms with Crippen LogP contribution in [0.1, 0.15) is 1.43 Å². The third kappa shape index (κ3) is 8.85. The van der Waals surface area contributed by atoms with Gasteiger partial charge in [0.25, 0.3) is 11.4 Å². The molecule has 1 unspecified atom stereocenters. The van der Waals surface area contributed by atoms with Crippen molar-refractivity contribution in [1.82, 2.24) is 0 Å². The molecule has 0 spiro atoms. The van der Waals surface area contributed by atoms with Gasteiger partial charge in [-0.05, 0) is 0 Å². The first-order chi connectivity index (χ1) is 7.34. The van der Waals surface area contributed by atoms with Gasteiger partial charge in [-0.25, -0.2) is 4.21 Å². The molecule has 0 saturated carbocycles. The Kier molecular flexibility index (Phi) is 9.94. The van der Waals surface area contributed by atoms with Crippen LogP contribution >= 0.6 is 0 Å². The molecule has 0 aromatic heterocycles. The van der Waals surface area contributed by atoms with Crippen molar-refractivity contribution in [3.63, 3.8) is 0 Å². The molecular formula is C6H6N2NaO7S-. The monoisotopic (exact) mass is 273 g/mol. The molecule has 1 aromatic rings. The Morgan fingerprint density at radius 1 is 1.06 bits per heavy atom. The molecular weight excluding hydrogens is 267 g/mol. The molecule has 90 valence electrons. The third-order valence-corrected chi connectivity index (χ3v) is 1.27. The summed E-state index contributed by atoms with van der Waals surface area (Å²) >= 11 is -2.86. The third-order valence-electron chi connectivity index (χ3n) is 1.27. The Balaban J connectivity index is -0.000000332. The number of benzene rings is 1. The Bertz CT molecular complexity index is 378. The normalized spacial score (nSPS) is 10.2. The van der Waals surface area contributed by atoms with Gasteiger partial charge >= 0.3 is 29.6 Å². The number of nitro groups is 2. The van der Waals surface area contributed by atoms with E-state index < -0.39 is 21.2 Å². The minimum absolute atomic E-state index is 0. The molecule has 0 bridgehead atoms. The molecule has 11 heteroatoms. The van der Waals surface area contributed by atoms with Gasteiger partial charge in [-0.2, -0.15) is 0 Å². The van der Waals surface area contributed by atoms with E-state index in [2.05, 4.69) is 0 Å². The molecule has 0 radical (unpaired) electrons. The largest absolute Gasteiger partial charge is 1.00 e. The maximum atomic E-state index is 10.1. The van der Waals surface area contributed by atoms with Crippen LogP contribution in [0.2, 0.25) is 0 Å². The average molecular weight is 273 g/mol. The molecule has 0 heterocycles. The summed E-state index contributed by atoms with van der Waals surface area (Å²) in [7, 11) is 0. The van der Waals surface area contributed by atoms with Gasteiger partial charge in [0, 0.05) is 24.3 Å². The van der Waals surface area contributed by atoms with Gasteiger partial charge in [-0.3, -0.25) is 20.2 Å². The first-order valence-electron chi connectivity index (χ1n) is 3.51. The van der Waals surface area contributed by atoms with Crippen molar-refractivity contribution in [3.05, 3.63) is 44.5 Å². The molecule has 0 amide bonds. The van der Waals surface area contributed by atoms with Gasteiger partial charge in [0.1, 0.15) is 0 Å². The zero-order valence-electron chi connectivity index (χ0n) is 9.51. The van der Waals surface area contributed by atoms with Crippen molar-refractivity contribution in [2.75, 3.05) is 0 Å². The second-order valence-corrected chi connectivity index (χ2v) is 2.68. The fourth-order valence-electron chi connectivity index (χ4n) is 0.696. The quantitative estimate of drug-likeness (QED) is 0.282. The molecule has 1 aromatic carbocycles. The van der Waals surface area contributed by atoms with Crippen LogP contribution in [-0.4, -0.2) is 23.2 Å². The maximum absolute atomic E-state index is 10.1. The van der Waals surface area contributed by atoms with E-state index in [-0.39, 0.29) is 42.4 Å². The number of nitrogens with zero attached hydrogens (tertiary/aromatic N) is 2. The van der Waals surface area contributed by atoms with E-state index in [0.29, 0.717) is 0 Å². The molecule has 1 atom stereocenters. The number of hydrogen-bond acceptors (Lipinski definition) is 6. The number of non-ortho nitro benzene ring substituents is 2. The fourth-order valence-corrected chi connectivity index (χ4v) is 0.696. The van der Waals surface area contributed by atoms with Crippen LogP contribution in [-0.2, 0) is 11.4 Å². The van der Waals surface area contributed by atoms with Crippen LogP contribution in [0.4, 0.5) is 11.4 Å². The second-order valence-electron chi connectivity index (χ2n) is 2.25. The van der Waals surface area contributed by atoms with Crippen molar-refractivity contribution >= 4 is 22.7 Å². The second kappa shape index (κ2) is 9.15. The van der Waals surface area contributed by atoms with E-state index in [1.165, 1.54) is 0 Å². The van der Waals surface area contributed by atoms with Crippen molar-refractivity contribution in [1.29, 1.82) is 0 Å². The molecule has 1 rings (SSSR count). The Labute approximate surface area is 121 Å². The van der Waals surface area contributed by atoms with E-state index in [9.17, 15) is 20.2 Å². The first kappa shape index (κ1) is 18.5. The first-order valence-corrected chi connectivity index (χ1v) is 4.55. The Morgan fingerprint density at radius 3 is 1.35 bits per heavy atom. The minimum Gasteiger partial charge on any atom is -1.00 e. The van der Waals surface area contributed by atoms with Gasteiger partial charge in [-0.15, -0.1) is 0 Å². The van der Waals surface area contributed by atoms with Gasteiger partial charge < -0.3 is 10.5 Å². The number of nitro benzene ring substituents is 2. The smallest absolute Gasteiger partial charge is 1.00 e. The van der Waals surface area contributed by atoms with E-state index in [4.69, 9.17) is 13.3 Å². The Morgan fingerprint density at radius 2 is 1.24 bits per heavy atom. The standard InChI is InChI=1S/C6H4N2O4.Na.H2O3S.H/c9-7(10)5-1-2-6(4-3-5)8(11)12;;1-4(2)3;/h1-4H;;(H2,1,2,3);/q;+1;;-1/p-1. The van der Waals surface area contributed by atoms with Gasteiger partial charge in [0.2, 0.25) is 0 Å². The summed E-state index contributed by atoms with van der Waals surface area (Å²) in [6.45, 7) is 0. The van der Waals surface area contributed by atoms with Crippen molar-refractivity contribution in [2.24, 2.45) is 0 Å². The van der Waals surface area contributed by atoms with Crippen LogP contribution in [0, 0.1) is 20.2 Å². The topological polar surface area (TPSA) is 147 Å². The zero-order chi connectivity index (χ0) is 12.7. The van der Waals surface area contributed by atoms with Gasteiger partial charge in [-0.1, -0.05) is 0 Å². The van der Waals surface area contributed by atoms with E-state index in [1.54, 1.807) is 0 Å². The molecule has 0 aliphatic carbocycles.